The van der Waals surface area contributed by atoms with Crippen LogP contribution in [0, 0.1) is 40.4 Å². The molecule has 0 N–H and O–H groups in total. The van der Waals surface area contributed by atoms with E-state index >= 15 is 0 Å². The fraction of sp³-hybridized carbons (Fsp3) is 0.500. The van der Waals surface area contributed by atoms with Crippen molar-refractivity contribution in [3.8, 4) is 23.7 Å². The summed E-state index contributed by atoms with van der Waals surface area (Å²) < 4.78 is 0. The minimum absolute atomic E-state index is 0.223. The van der Waals surface area contributed by atoms with Gasteiger partial charge in [0.25, 0.3) is 0 Å². The minimum Gasteiger partial charge on any atom is -0.0985 e. The third kappa shape index (κ3) is 11.3. The Bertz CT molecular complexity index is 1260. The maximum atomic E-state index is 3.33. The average Bonchev–Trinajstić information content (AvgIpc) is 2.85. The highest BCUT2D eigenvalue weighted by Gasteiger charge is 2.27. The van der Waals surface area contributed by atoms with Gasteiger partial charge in [-0.1, -0.05) is 117 Å². The summed E-state index contributed by atoms with van der Waals surface area (Å²) in [5, 5.41) is 0. The first kappa shape index (κ1) is 33.2. The number of hydrogen-bond donors (Lipinski definition) is 0. The molecule has 0 spiro atoms. The van der Waals surface area contributed by atoms with Crippen LogP contribution in [0.15, 0.2) is 93.7 Å². The van der Waals surface area contributed by atoms with Crippen molar-refractivity contribution in [3.63, 3.8) is 0 Å². The first-order valence-corrected chi connectivity index (χ1v) is 15.3. The highest BCUT2D eigenvalue weighted by molar-refractivity contribution is 5.40. The molecule has 0 heteroatoms. The fourth-order valence-electron chi connectivity index (χ4n) is 5.71. The SMILES string of the molecule is CC1=C(/C=C/C(C)=C\C#C/C(C)=C/CC#CC(C)/C=C/C=C(C)\C=C\C2=C(C)CCCC2(C)C)C(C)(C)CCC1. The zero-order valence-corrected chi connectivity index (χ0v) is 27.2. The zero-order chi connectivity index (χ0) is 29.8. The maximum absolute atomic E-state index is 3.33. The molecule has 1 atom stereocenters. The summed E-state index contributed by atoms with van der Waals surface area (Å²) >= 11 is 0. The Morgan fingerprint density at radius 2 is 1.40 bits per heavy atom. The van der Waals surface area contributed by atoms with Crippen molar-refractivity contribution in [3.05, 3.63) is 93.7 Å². The van der Waals surface area contributed by atoms with Crippen molar-refractivity contribution in [2.45, 2.75) is 114 Å². The quantitative estimate of drug-likeness (QED) is 0.225. The lowest BCUT2D eigenvalue weighted by Gasteiger charge is -2.32. The van der Waals surface area contributed by atoms with Crippen LogP contribution in [0.5, 0.6) is 0 Å². The summed E-state index contributed by atoms with van der Waals surface area (Å²) in [5.74, 6) is 13.3. The van der Waals surface area contributed by atoms with Crippen LogP contribution >= 0.6 is 0 Å². The van der Waals surface area contributed by atoms with Gasteiger partial charge in [-0.3, -0.25) is 0 Å². The molecule has 0 heterocycles. The first-order valence-electron chi connectivity index (χ1n) is 15.3. The molecule has 214 valence electrons. The smallest absolute Gasteiger partial charge is 0.0357 e. The molecule has 0 aromatic rings. The third-order valence-electron chi connectivity index (χ3n) is 8.28. The standard InChI is InChI=1S/C40H54/c1-31(19-13-21-33(3)25-27-37-35(5)23-15-29-39(37,7)8)17-11-12-18-32(2)20-14-22-34(4)26-28-38-36(6)24-16-30-40(38,9)10/h14,17,20-22,25-28,32H,11,15-16,23-24,29-30H2,1-10H3/b20-14+,27-25+,28-26+,31-17+,33-21-,34-22-. The van der Waals surface area contributed by atoms with Gasteiger partial charge in [0.2, 0.25) is 0 Å². The van der Waals surface area contributed by atoms with E-state index in [2.05, 4.69) is 142 Å². The lowest BCUT2D eigenvalue weighted by molar-refractivity contribution is 0.376. The van der Waals surface area contributed by atoms with E-state index in [0.717, 1.165) is 12.0 Å². The van der Waals surface area contributed by atoms with Crippen LogP contribution in [0.3, 0.4) is 0 Å². The topological polar surface area (TPSA) is 0 Å². The van der Waals surface area contributed by atoms with E-state index in [-0.39, 0.29) is 16.7 Å². The van der Waals surface area contributed by atoms with E-state index < -0.39 is 0 Å². The van der Waals surface area contributed by atoms with E-state index in [9.17, 15) is 0 Å². The van der Waals surface area contributed by atoms with Crippen molar-refractivity contribution in [2.24, 2.45) is 16.7 Å². The molecule has 2 aliphatic carbocycles. The van der Waals surface area contributed by atoms with Crippen LogP contribution in [0.2, 0.25) is 0 Å². The van der Waals surface area contributed by atoms with Gasteiger partial charge in [0.05, 0.1) is 0 Å². The van der Waals surface area contributed by atoms with Gasteiger partial charge < -0.3 is 0 Å². The third-order valence-corrected chi connectivity index (χ3v) is 8.28. The molecule has 0 aliphatic heterocycles. The van der Waals surface area contributed by atoms with E-state index in [4.69, 9.17) is 0 Å². The summed E-state index contributed by atoms with van der Waals surface area (Å²) in [4.78, 5) is 0. The molecule has 0 nitrogen and oxygen atoms in total. The second-order valence-corrected chi connectivity index (χ2v) is 13.2. The van der Waals surface area contributed by atoms with Crippen molar-refractivity contribution < 1.29 is 0 Å². The van der Waals surface area contributed by atoms with Crippen molar-refractivity contribution in [1.82, 2.24) is 0 Å². The van der Waals surface area contributed by atoms with Gasteiger partial charge in [-0.2, -0.15) is 0 Å². The van der Waals surface area contributed by atoms with Gasteiger partial charge >= 0.3 is 0 Å². The van der Waals surface area contributed by atoms with Crippen LogP contribution in [0.1, 0.15) is 114 Å². The van der Waals surface area contributed by atoms with Crippen LogP contribution in [0.25, 0.3) is 0 Å². The first-order chi connectivity index (χ1) is 18.8. The van der Waals surface area contributed by atoms with Gasteiger partial charge in [0.1, 0.15) is 0 Å². The van der Waals surface area contributed by atoms with Gasteiger partial charge in [-0.15, -0.1) is 0 Å². The summed E-state index contributed by atoms with van der Waals surface area (Å²) in [6, 6.07) is 0. The van der Waals surface area contributed by atoms with Gasteiger partial charge in [-0.05, 0) is 119 Å². The van der Waals surface area contributed by atoms with Crippen LogP contribution in [0.4, 0.5) is 0 Å². The molecular weight excluding hydrogens is 480 g/mol. The number of rotatable bonds is 7. The Hall–Kier alpha value is -2.96. The van der Waals surface area contributed by atoms with E-state index in [1.807, 2.05) is 6.08 Å². The van der Waals surface area contributed by atoms with E-state index in [0.29, 0.717) is 0 Å². The predicted octanol–water partition coefficient (Wildman–Crippen LogP) is 11.6. The fourth-order valence-corrected chi connectivity index (χ4v) is 5.71. The molecule has 0 amide bonds. The summed E-state index contributed by atoms with van der Waals surface area (Å²) in [6.07, 6.45) is 28.0. The normalized spacial score (nSPS) is 21.1. The molecule has 2 rings (SSSR count). The van der Waals surface area contributed by atoms with Crippen molar-refractivity contribution >= 4 is 0 Å². The monoisotopic (exact) mass is 534 g/mol. The van der Waals surface area contributed by atoms with Crippen molar-refractivity contribution in [2.75, 3.05) is 0 Å². The van der Waals surface area contributed by atoms with E-state index in [1.165, 1.54) is 66.4 Å². The van der Waals surface area contributed by atoms with Gasteiger partial charge in [-0.25, -0.2) is 0 Å². The van der Waals surface area contributed by atoms with Gasteiger partial charge in [0, 0.05) is 12.3 Å². The summed E-state index contributed by atoms with van der Waals surface area (Å²) in [6.45, 7) is 22.5. The highest BCUT2D eigenvalue weighted by Crippen LogP contribution is 2.41. The van der Waals surface area contributed by atoms with E-state index in [1.54, 1.807) is 5.57 Å². The van der Waals surface area contributed by atoms with Crippen LogP contribution < -0.4 is 0 Å². The summed E-state index contributed by atoms with van der Waals surface area (Å²) in [7, 11) is 0. The molecule has 40 heavy (non-hydrogen) atoms. The Labute approximate surface area is 247 Å². The molecule has 2 aliphatic rings. The van der Waals surface area contributed by atoms with Gasteiger partial charge in [0.15, 0.2) is 0 Å². The minimum atomic E-state index is 0.223. The lowest BCUT2D eigenvalue weighted by Crippen LogP contribution is -2.19. The molecule has 0 radical (unpaired) electrons. The molecule has 0 saturated carbocycles. The predicted molar refractivity (Wildman–Crippen MR) is 179 cm³/mol. The molecular formula is C40H54. The molecule has 0 fully saturated rings. The van der Waals surface area contributed by atoms with Crippen LogP contribution in [-0.4, -0.2) is 0 Å². The maximum Gasteiger partial charge on any atom is 0.0357 e. The number of allylic oxidation sites excluding steroid dienone is 16. The van der Waals surface area contributed by atoms with Crippen molar-refractivity contribution in [1.29, 1.82) is 0 Å². The largest absolute Gasteiger partial charge is 0.0985 e. The molecule has 1 unspecified atom stereocenters. The highest BCUT2D eigenvalue weighted by atomic mass is 14.3. The second kappa shape index (κ2) is 15.7. The van der Waals surface area contributed by atoms with Crippen LogP contribution in [-0.2, 0) is 0 Å². The Kier molecular flexibility index (Phi) is 13.1. The Balaban J connectivity index is 1.86. The lowest BCUT2D eigenvalue weighted by atomic mass is 9.72. The Morgan fingerprint density at radius 3 is 1.95 bits per heavy atom. The second-order valence-electron chi connectivity index (χ2n) is 13.2. The molecule has 0 bridgehead atoms. The molecule has 0 aromatic carbocycles. The zero-order valence-electron chi connectivity index (χ0n) is 27.2. The molecule has 0 aromatic heterocycles. The summed E-state index contributed by atoms with van der Waals surface area (Å²) in [5.41, 5.74) is 10.2. The molecule has 0 saturated heterocycles. The average molecular weight is 535 g/mol. The Morgan fingerprint density at radius 1 is 0.850 bits per heavy atom. The number of hydrogen-bond acceptors (Lipinski definition) is 0.